The summed E-state index contributed by atoms with van der Waals surface area (Å²) >= 11 is 0. The molecule has 0 bridgehead atoms. The van der Waals surface area contributed by atoms with Gasteiger partial charge in [-0.2, -0.15) is 0 Å². The summed E-state index contributed by atoms with van der Waals surface area (Å²) in [4.78, 5) is 23.8. The predicted octanol–water partition coefficient (Wildman–Crippen LogP) is -0.211. The third-order valence-corrected chi connectivity index (χ3v) is 2.29. The van der Waals surface area contributed by atoms with Crippen LogP contribution in [0.2, 0.25) is 0 Å². The number of imide groups is 1. The number of nitrogens with one attached hydrogen (secondary N) is 1. The normalized spacial score (nSPS) is 21.8. The molecule has 5 nitrogen and oxygen atoms in total. The van der Waals surface area contributed by atoms with Gasteiger partial charge >= 0.3 is 0 Å². The van der Waals surface area contributed by atoms with Crippen molar-refractivity contribution in [1.82, 2.24) is 9.58 Å². The smallest absolute Gasteiger partial charge is 0.253 e. The van der Waals surface area contributed by atoms with Crippen LogP contribution in [-0.4, -0.2) is 34.5 Å². The van der Waals surface area contributed by atoms with E-state index >= 15 is 0 Å². The first-order valence-electron chi connectivity index (χ1n) is 4.38. The van der Waals surface area contributed by atoms with Crippen LogP contribution in [0.1, 0.15) is 6.42 Å². The number of carbonyl (C=O) groups excluding carboxylic acids is 2. The Hall–Kier alpha value is -1.78. The summed E-state index contributed by atoms with van der Waals surface area (Å²) in [5.74, 6) is -0.316. The fourth-order valence-electron chi connectivity index (χ4n) is 1.46. The summed E-state index contributed by atoms with van der Waals surface area (Å²) in [6.07, 6.45) is 3.81. The first-order valence-corrected chi connectivity index (χ1v) is 4.38. The Morgan fingerprint density at radius 3 is 2.50 bits per heavy atom. The van der Waals surface area contributed by atoms with Crippen molar-refractivity contribution in [3.05, 3.63) is 24.5 Å². The molecule has 14 heavy (non-hydrogen) atoms. The molecule has 1 aliphatic rings. The monoisotopic (exact) mass is 193 g/mol. The third-order valence-electron chi connectivity index (χ3n) is 2.29. The van der Waals surface area contributed by atoms with E-state index in [1.807, 2.05) is 12.1 Å². The zero-order valence-corrected chi connectivity index (χ0v) is 7.80. The van der Waals surface area contributed by atoms with E-state index in [4.69, 9.17) is 0 Å². The molecule has 0 saturated carbocycles. The van der Waals surface area contributed by atoms with Gasteiger partial charge in [0, 0.05) is 19.4 Å². The standard InChI is InChI=1S/C9H11N3O2/c1-11-8(13)6-7(9(11)14)10-12-4-2-3-5-12/h2-5,7,10H,6H2,1H3. The van der Waals surface area contributed by atoms with E-state index in [-0.39, 0.29) is 18.2 Å². The van der Waals surface area contributed by atoms with Crippen LogP contribution >= 0.6 is 0 Å². The third kappa shape index (κ3) is 1.37. The average Bonchev–Trinajstić information content (AvgIpc) is 2.73. The molecule has 1 saturated heterocycles. The zero-order chi connectivity index (χ0) is 10.1. The molecule has 1 fully saturated rings. The molecule has 1 unspecified atom stereocenters. The fourth-order valence-corrected chi connectivity index (χ4v) is 1.46. The number of rotatable bonds is 2. The summed E-state index contributed by atoms with van der Waals surface area (Å²) in [7, 11) is 1.50. The number of nitrogens with zero attached hydrogens (tertiary/aromatic N) is 2. The van der Waals surface area contributed by atoms with Crippen molar-refractivity contribution in [2.24, 2.45) is 0 Å². The summed E-state index contributed by atoms with van der Waals surface area (Å²) in [5.41, 5.74) is 2.94. The second-order valence-corrected chi connectivity index (χ2v) is 3.27. The molecule has 2 rings (SSSR count). The average molecular weight is 193 g/mol. The van der Waals surface area contributed by atoms with Gasteiger partial charge in [0.25, 0.3) is 5.91 Å². The van der Waals surface area contributed by atoms with Crippen molar-refractivity contribution in [3.63, 3.8) is 0 Å². The fraction of sp³-hybridized carbons (Fsp3) is 0.333. The number of hydrogen-bond donors (Lipinski definition) is 1. The molecule has 0 radical (unpaired) electrons. The number of likely N-dealkylation sites (tertiary alicyclic amines) is 1. The molecule has 2 heterocycles. The van der Waals surface area contributed by atoms with Gasteiger partial charge in [-0.15, -0.1) is 0 Å². The van der Waals surface area contributed by atoms with E-state index in [2.05, 4.69) is 5.43 Å². The maximum atomic E-state index is 11.5. The van der Waals surface area contributed by atoms with Crippen molar-refractivity contribution in [3.8, 4) is 0 Å². The van der Waals surface area contributed by atoms with E-state index in [0.29, 0.717) is 0 Å². The lowest BCUT2D eigenvalue weighted by atomic mass is 10.3. The van der Waals surface area contributed by atoms with E-state index in [1.165, 1.54) is 7.05 Å². The highest BCUT2D eigenvalue weighted by Crippen LogP contribution is 2.11. The predicted molar refractivity (Wildman–Crippen MR) is 50.0 cm³/mol. The highest BCUT2D eigenvalue weighted by atomic mass is 16.2. The molecular weight excluding hydrogens is 182 g/mol. The van der Waals surface area contributed by atoms with Gasteiger partial charge in [0.2, 0.25) is 5.91 Å². The minimum Gasteiger partial charge on any atom is -0.313 e. The van der Waals surface area contributed by atoms with Crippen LogP contribution in [0.3, 0.4) is 0 Å². The first kappa shape index (κ1) is 8.80. The molecule has 1 aromatic heterocycles. The largest absolute Gasteiger partial charge is 0.313 e. The van der Waals surface area contributed by atoms with Gasteiger partial charge in [0.05, 0.1) is 6.42 Å². The second kappa shape index (κ2) is 3.17. The van der Waals surface area contributed by atoms with Gasteiger partial charge in [-0.25, -0.2) is 0 Å². The lowest BCUT2D eigenvalue weighted by Crippen LogP contribution is -2.35. The van der Waals surface area contributed by atoms with Crippen molar-refractivity contribution in [2.75, 3.05) is 12.5 Å². The van der Waals surface area contributed by atoms with Gasteiger partial charge in [-0.05, 0) is 12.1 Å². The maximum absolute atomic E-state index is 11.5. The van der Waals surface area contributed by atoms with Gasteiger partial charge in [-0.3, -0.25) is 19.2 Å². The van der Waals surface area contributed by atoms with E-state index in [1.54, 1.807) is 17.1 Å². The van der Waals surface area contributed by atoms with Crippen LogP contribution in [0.4, 0.5) is 0 Å². The minimum atomic E-state index is -0.431. The van der Waals surface area contributed by atoms with Crippen molar-refractivity contribution in [1.29, 1.82) is 0 Å². The first-order chi connectivity index (χ1) is 6.68. The van der Waals surface area contributed by atoms with E-state index < -0.39 is 6.04 Å². The maximum Gasteiger partial charge on any atom is 0.253 e. The molecule has 1 aliphatic heterocycles. The number of likely N-dealkylation sites (N-methyl/N-ethyl adjacent to an activating group) is 1. The Labute approximate surface area is 81.3 Å². The highest BCUT2D eigenvalue weighted by molar-refractivity contribution is 6.05. The SMILES string of the molecule is CN1C(=O)CC(Nn2cccc2)C1=O. The number of hydrogen-bond acceptors (Lipinski definition) is 3. The molecule has 0 aliphatic carbocycles. The van der Waals surface area contributed by atoms with Gasteiger partial charge in [0.1, 0.15) is 6.04 Å². The van der Waals surface area contributed by atoms with Crippen LogP contribution in [-0.2, 0) is 9.59 Å². The topological polar surface area (TPSA) is 54.3 Å². The Balaban J connectivity index is 2.07. The van der Waals surface area contributed by atoms with E-state index in [0.717, 1.165) is 4.90 Å². The Kier molecular flexibility index (Phi) is 1.99. The van der Waals surface area contributed by atoms with Gasteiger partial charge < -0.3 is 5.43 Å². The number of aromatic nitrogens is 1. The summed E-state index contributed by atoms with van der Waals surface area (Å²) < 4.78 is 1.68. The molecule has 74 valence electrons. The van der Waals surface area contributed by atoms with Crippen molar-refractivity contribution >= 4 is 11.8 Å². The van der Waals surface area contributed by atoms with Gasteiger partial charge in [0.15, 0.2) is 0 Å². The number of carbonyl (C=O) groups is 2. The van der Waals surface area contributed by atoms with Crippen LogP contribution in [0.25, 0.3) is 0 Å². The molecular formula is C9H11N3O2. The summed E-state index contributed by atoms with van der Waals surface area (Å²) in [6, 6.07) is 3.26. The summed E-state index contributed by atoms with van der Waals surface area (Å²) in [5, 5.41) is 0. The lowest BCUT2D eigenvalue weighted by Gasteiger charge is -2.12. The Bertz CT molecular complexity index is 358. The van der Waals surface area contributed by atoms with Crippen LogP contribution in [0.5, 0.6) is 0 Å². The molecule has 2 amide bonds. The Morgan fingerprint density at radius 1 is 1.36 bits per heavy atom. The van der Waals surface area contributed by atoms with E-state index in [9.17, 15) is 9.59 Å². The summed E-state index contributed by atoms with van der Waals surface area (Å²) in [6.45, 7) is 0. The highest BCUT2D eigenvalue weighted by Gasteiger charge is 2.35. The Morgan fingerprint density at radius 2 is 2.00 bits per heavy atom. The lowest BCUT2D eigenvalue weighted by molar-refractivity contribution is -0.136. The van der Waals surface area contributed by atoms with Crippen LogP contribution < -0.4 is 5.43 Å². The molecule has 0 spiro atoms. The molecule has 0 aromatic carbocycles. The molecule has 5 heteroatoms. The second-order valence-electron chi connectivity index (χ2n) is 3.27. The molecule has 1 N–H and O–H groups in total. The quantitative estimate of drug-likeness (QED) is 0.661. The molecule has 1 atom stereocenters. The number of amides is 2. The van der Waals surface area contributed by atoms with Gasteiger partial charge in [-0.1, -0.05) is 0 Å². The zero-order valence-electron chi connectivity index (χ0n) is 7.80. The van der Waals surface area contributed by atoms with Crippen LogP contribution in [0, 0.1) is 0 Å². The molecule has 1 aromatic rings. The van der Waals surface area contributed by atoms with Crippen LogP contribution in [0.15, 0.2) is 24.5 Å². The van der Waals surface area contributed by atoms with Crippen molar-refractivity contribution in [2.45, 2.75) is 12.5 Å². The van der Waals surface area contributed by atoms with Crippen molar-refractivity contribution < 1.29 is 9.59 Å². The minimum absolute atomic E-state index is 0.139.